The minimum atomic E-state index is 0.465. The van der Waals surface area contributed by atoms with Gasteiger partial charge in [-0.2, -0.15) is 0 Å². The van der Waals surface area contributed by atoms with Crippen molar-refractivity contribution in [2.75, 3.05) is 12.8 Å². The number of hydrogen-bond acceptors (Lipinski definition) is 3. The van der Waals surface area contributed by atoms with Crippen LogP contribution in [0.25, 0.3) is 5.69 Å². The number of halogens is 1. The zero-order valence-electron chi connectivity index (χ0n) is 8.14. The van der Waals surface area contributed by atoms with E-state index in [2.05, 4.69) is 20.9 Å². The van der Waals surface area contributed by atoms with Gasteiger partial charge in [-0.05, 0) is 34.1 Å². The molecule has 2 aromatic rings. The third kappa shape index (κ3) is 1.83. The third-order valence-corrected chi connectivity index (χ3v) is 2.70. The number of anilines is 1. The molecule has 78 valence electrons. The lowest BCUT2D eigenvalue weighted by Crippen LogP contribution is -1.99. The summed E-state index contributed by atoms with van der Waals surface area (Å²) in [4.78, 5) is 3.96. The lowest BCUT2D eigenvalue weighted by molar-refractivity contribution is 0.412. The van der Waals surface area contributed by atoms with Gasteiger partial charge >= 0.3 is 0 Å². The van der Waals surface area contributed by atoms with Gasteiger partial charge in [-0.25, -0.2) is 4.98 Å². The van der Waals surface area contributed by atoms with Crippen molar-refractivity contribution in [2.24, 2.45) is 0 Å². The first-order valence-electron chi connectivity index (χ1n) is 4.35. The van der Waals surface area contributed by atoms with Crippen molar-refractivity contribution in [2.45, 2.75) is 0 Å². The molecule has 1 heterocycles. The summed E-state index contributed by atoms with van der Waals surface area (Å²) in [7, 11) is 1.63. The van der Waals surface area contributed by atoms with Gasteiger partial charge in [-0.1, -0.05) is 0 Å². The van der Waals surface area contributed by atoms with Gasteiger partial charge in [0, 0.05) is 18.1 Å². The van der Waals surface area contributed by atoms with Crippen LogP contribution in [0.4, 0.5) is 5.95 Å². The fraction of sp³-hybridized carbons (Fsp3) is 0.100. The molecule has 0 radical (unpaired) electrons. The molecule has 0 bridgehead atoms. The maximum absolute atomic E-state index is 5.70. The highest BCUT2D eigenvalue weighted by molar-refractivity contribution is 9.10. The summed E-state index contributed by atoms with van der Waals surface area (Å²) in [6.45, 7) is 0. The van der Waals surface area contributed by atoms with Crippen LogP contribution in [-0.4, -0.2) is 16.7 Å². The van der Waals surface area contributed by atoms with Crippen LogP contribution in [0.3, 0.4) is 0 Å². The third-order valence-electron chi connectivity index (χ3n) is 2.08. The van der Waals surface area contributed by atoms with Crippen molar-refractivity contribution in [1.29, 1.82) is 0 Å². The average Bonchev–Trinajstić information content (AvgIpc) is 2.64. The molecule has 0 atom stereocenters. The zero-order chi connectivity index (χ0) is 10.8. The standard InChI is InChI=1S/C10H10BrN3O/c1-15-9-3-2-7(6-8(9)11)14-5-4-13-10(14)12/h2-6H,1H3,(H2,12,13). The van der Waals surface area contributed by atoms with E-state index in [1.165, 1.54) is 0 Å². The number of hydrogen-bond donors (Lipinski definition) is 1. The highest BCUT2D eigenvalue weighted by Crippen LogP contribution is 2.27. The van der Waals surface area contributed by atoms with Crippen molar-refractivity contribution in [3.8, 4) is 11.4 Å². The second kappa shape index (κ2) is 3.94. The molecule has 0 amide bonds. The van der Waals surface area contributed by atoms with Crippen LogP contribution in [0, 0.1) is 0 Å². The largest absolute Gasteiger partial charge is 0.496 e. The summed E-state index contributed by atoms with van der Waals surface area (Å²) in [6.07, 6.45) is 3.47. The molecule has 0 saturated heterocycles. The van der Waals surface area contributed by atoms with Crippen molar-refractivity contribution >= 4 is 21.9 Å². The summed E-state index contributed by atoms with van der Waals surface area (Å²) in [5, 5.41) is 0. The first-order chi connectivity index (χ1) is 7.22. The molecule has 0 aliphatic carbocycles. The van der Waals surface area contributed by atoms with Crippen molar-refractivity contribution in [1.82, 2.24) is 9.55 Å². The Hall–Kier alpha value is -1.49. The summed E-state index contributed by atoms with van der Waals surface area (Å²) in [5.41, 5.74) is 6.64. The lowest BCUT2D eigenvalue weighted by Gasteiger charge is -2.07. The molecular formula is C10H10BrN3O. The minimum Gasteiger partial charge on any atom is -0.496 e. The molecule has 2 N–H and O–H groups in total. The van der Waals surface area contributed by atoms with Gasteiger partial charge in [0.25, 0.3) is 0 Å². The number of nitrogens with two attached hydrogens (primary N) is 1. The number of nitrogen functional groups attached to an aromatic ring is 1. The highest BCUT2D eigenvalue weighted by Gasteiger charge is 2.04. The van der Waals surface area contributed by atoms with Gasteiger partial charge in [-0.15, -0.1) is 0 Å². The summed E-state index contributed by atoms with van der Waals surface area (Å²) >= 11 is 3.42. The molecule has 4 nitrogen and oxygen atoms in total. The number of imidazole rings is 1. The van der Waals surface area contributed by atoms with Crippen molar-refractivity contribution < 1.29 is 4.74 Å². The predicted octanol–water partition coefficient (Wildman–Crippen LogP) is 2.23. The first kappa shape index (κ1) is 10.0. The maximum Gasteiger partial charge on any atom is 0.204 e. The SMILES string of the molecule is COc1ccc(-n2ccnc2N)cc1Br. The minimum absolute atomic E-state index is 0.465. The molecule has 0 aliphatic rings. The Kier molecular flexibility index (Phi) is 2.64. The molecule has 0 unspecified atom stereocenters. The number of methoxy groups -OCH3 is 1. The van der Waals surface area contributed by atoms with Crippen LogP contribution in [0.5, 0.6) is 5.75 Å². The van der Waals surface area contributed by atoms with Gasteiger partial charge in [0.1, 0.15) is 5.75 Å². The van der Waals surface area contributed by atoms with Crippen LogP contribution < -0.4 is 10.5 Å². The van der Waals surface area contributed by atoms with E-state index >= 15 is 0 Å². The monoisotopic (exact) mass is 267 g/mol. The molecule has 0 fully saturated rings. The summed E-state index contributed by atoms with van der Waals surface area (Å²) < 4.78 is 7.83. The Labute approximate surface area is 95.8 Å². The van der Waals surface area contributed by atoms with Gasteiger partial charge in [0.15, 0.2) is 0 Å². The molecule has 1 aromatic carbocycles. The predicted molar refractivity (Wildman–Crippen MR) is 62.2 cm³/mol. The Morgan fingerprint density at radius 1 is 1.47 bits per heavy atom. The Balaban J connectivity index is 2.47. The summed E-state index contributed by atoms with van der Waals surface area (Å²) in [5.74, 6) is 1.25. The van der Waals surface area contributed by atoms with E-state index in [-0.39, 0.29) is 0 Å². The van der Waals surface area contributed by atoms with E-state index in [1.54, 1.807) is 17.9 Å². The summed E-state index contributed by atoms with van der Waals surface area (Å²) in [6, 6.07) is 5.72. The van der Waals surface area contributed by atoms with Crippen LogP contribution in [0.15, 0.2) is 35.1 Å². The molecule has 5 heteroatoms. The number of rotatable bonds is 2. The fourth-order valence-electron chi connectivity index (χ4n) is 1.34. The Morgan fingerprint density at radius 2 is 2.27 bits per heavy atom. The van der Waals surface area contributed by atoms with Crippen LogP contribution in [0.2, 0.25) is 0 Å². The maximum atomic E-state index is 5.70. The molecule has 0 spiro atoms. The van der Waals surface area contributed by atoms with E-state index in [0.717, 1.165) is 15.9 Å². The number of ether oxygens (including phenoxy) is 1. The number of nitrogens with zero attached hydrogens (tertiary/aromatic N) is 2. The second-order valence-electron chi connectivity index (χ2n) is 2.97. The molecule has 2 rings (SSSR count). The van der Waals surface area contributed by atoms with E-state index in [9.17, 15) is 0 Å². The Bertz CT molecular complexity index is 481. The van der Waals surface area contributed by atoms with Crippen molar-refractivity contribution in [3.05, 3.63) is 35.1 Å². The van der Waals surface area contributed by atoms with Crippen molar-refractivity contribution in [3.63, 3.8) is 0 Å². The van der Waals surface area contributed by atoms with E-state index < -0.39 is 0 Å². The number of benzene rings is 1. The second-order valence-corrected chi connectivity index (χ2v) is 3.83. The van der Waals surface area contributed by atoms with Crippen LogP contribution in [0.1, 0.15) is 0 Å². The molecule has 0 aliphatic heterocycles. The molecule has 15 heavy (non-hydrogen) atoms. The molecular weight excluding hydrogens is 258 g/mol. The van der Waals surface area contributed by atoms with Gasteiger partial charge in [0.2, 0.25) is 5.95 Å². The van der Waals surface area contributed by atoms with Gasteiger partial charge in [-0.3, -0.25) is 4.57 Å². The van der Waals surface area contributed by atoms with Gasteiger partial charge < -0.3 is 10.5 Å². The number of aromatic nitrogens is 2. The van der Waals surface area contributed by atoms with Gasteiger partial charge in [0.05, 0.1) is 11.6 Å². The van der Waals surface area contributed by atoms with E-state index in [1.807, 2.05) is 24.4 Å². The van der Waals surface area contributed by atoms with Crippen LogP contribution in [-0.2, 0) is 0 Å². The van der Waals surface area contributed by atoms with E-state index in [0.29, 0.717) is 5.95 Å². The Morgan fingerprint density at radius 3 is 2.80 bits per heavy atom. The fourth-order valence-corrected chi connectivity index (χ4v) is 1.87. The zero-order valence-corrected chi connectivity index (χ0v) is 9.73. The average molecular weight is 268 g/mol. The highest BCUT2D eigenvalue weighted by atomic mass is 79.9. The first-order valence-corrected chi connectivity index (χ1v) is 5.14. The lowest BCUT2D eigenvalue weighted by atomic mass is 10.3. The molecule has 0 saturated carbocycles. The van der Waals surface area contributed by atoms with E-state index in [4.69, 9.17) is 10.5 Å². The van der Waals surface area contributed by atoms with Crippen LogP contribution >= 0.6 is 15.9 Å². The quantitative estimate of drug-likeness (QED) is 0.908. The normalized spacial score (nSPS) is 10.3. The molecule has 1 aromatic heterocycles. The topological polar surface area (TPSA) is 53.1 Å². The smallest absolute Gasteiger partial charge is 0.204 e.